The molecule has 3 saturated heterocycles. The third-order valence-electron chi connectivity index (χ3n) is 5.55. The van der Waals surface area contributed by atoms with Crippen LogP contribution in [-0.2, 0) is 4.74 Å². The molecular formula is C16H31N3O. The Hall–Kier alpha value is -0.160. The summed E-state index contributed by atoms with van der Waals surface area (Å²) < 4.78 is 5.67. The van der Waals surface area contributed by atoms with Crippen molar-refractivity contribution in [3.63, 3.8) is 0 Å². The van der Waals surface area contributed by atoms with Crippen molar-refractivity contribution in [2.45, 2.75) is 50.6 Å². The molecule has 0 spiro atoms. The van der Waals surface area contributed by atoms with E-state index >= 15 is 0 Å². The SMILES string of the molecule is NCC(C1CCCOC1)N1CCC(N2CCCCC2)C1. The first-order chi connectivity index (χ1) is 9.88. The highest BCUT2D eigenvalue weighted by molar-refractivity contribution is 4.91. The number of likely N-dealkylation sites (tertiary alicyclic amines) is 2. The summed E-state index contributed by atoms with van der Waals surface area (Å²) >= 11 is 0. The number of nitrogens with two attached hydrogens (primary N) is 1. The maximum Gasteiger partial charge on any atom is 0.0509 e. The van der Waals surface area contributed by atoms with Crippen molar-refractivity contribution in [1.82, 2.24) is 9.80 Å². The van der Waals surface area contributed by atoms with E-state index in [0.717, 1.165) is 25.8 Å². The quantitative estimate of drug-likeness (QED) is 0.843. The third-order valence-corrected chi connectivity index (χ3v) is 5.55. The lowest BCUT2D eigenvalue weighted by molar-refractivity contribution is 0.0147. The van der Waals surface area contributed by atoms with Gasteiger partial charge < -0.3 is 10.5 Å². The van der Waals surface area contributed by atoms with E-state index in [0.29, 0.717) is 12.0 Å². The number of ether oxygens (including phenoxy) is 1. The average Bonchev–Trinajstić information content (AvgIpc) is 3.00. The zero-order chi connectivity index (χ0) is 13.8. The van der Waals surface area contributed by atoms with E-state index in [2.05, 4.69) is 9.80 Å². The van der Waals surface area contributed by atoms with Crippen molar-refractivity contribution < 1.29 is 4.74 Å². The molecular weight excluding hydrogens is 250 g/mol. The minimum absolute atomic E-state index is 0.546. The van der Waals surface area contributed by atoms with Gasteiger partial charge in [0.1, 0.15) is 0 Å². The van der Waals surface area contributed by atoms with Gasteiger partial charge >= 0.3 is 0 Å². The molecule has 0 aromatic carbocycles. The van der Waals surface area contributed by atoms with Crippen LogP contribution in [0.1, 0.15) is 38.5 Å². The van der Waals surface area contributed by atoms with Crippen LogP contribution < -0.4 is 5.73 Å². The molecule has 116 valence electrons. The average molecular weight is 281 g/mol. The first-order valence-electron chi connectivity index (χ1n) is 8.64. The Morgan fingerprint density at radius 3 is 2.60 bits per heavy atom. The van der Waals surface area contributed by atoms with Crippen molar-refractivity contribution in [2.75, 3.05) is 45.9 Å². The van der Waals surface area contributed by atoms with Gasteiger partial charge in [-0.1, -0.05) is 6.42 Å². The molecule has 0 amide bonds. The van der Waals surface area contributed by atoms with Crippen LogP contribution in [-0.4, -0.2) is 67.8 Å². The van der Waals surface area contributed by atoms with Crippen molar-refractivity contribution in [2.24, 2.45) is 11.7 Å². The molecule has 0 aliphatic carbocycles. The number of hydrogen-bond acceptors (Lipinski definition) is 4. The van der Waals surface area contributed by atoms with Gasteiger partial charge in [0.05, 0.1) is 6.61 Å². The van der Waals surface area contributed by atoms with Crippen LogP contribution in [0.4, 0.5) is 0 Å². The first kappa shape index (κ1) is 14.8. The maximum atomic E-state index is 6.10. The minimum atomic E-state index is 0.546. The maximum absolute atomic E-state index is 6.10. The summed E-state index contributed by atoms with van der Waals surface area (Å²) in [6.07, 6.45) is 8.07. The lowest BCUT2D eigenvalue weighted by atomic mass is 9.92. The van der Waals surface area contributed by atoms with Crippen LogP contribution in [0.15, 0.2) is 0 Å². The van der Waals surface area contributed by atoms with Crippen molar-refractivity contribution in [3.05, 3.63) is 0 Å². The Bertz CT molecular complexity index is 287. The number of nitrogens with zero attached hydrogens (tertiary/aromatic N) is 2. The van der Waals surface area contributed by atoms with Gasteiger partial charge in [0.15, 0.2) is 0 Å². The summed E-state index contributed by atoms with van der Waals surface area (Å²) in [5, 5.41) is 0. The lowest BCUT2D eigenvalue weighted by Gasteiger charge is -2.37. The second kappa shape index (κ2) is 7.21. The summed E-state index contributed by atoms with van der Waals surface area (Å²) in [5.74, 6) is 0.661. The van der Waals surface area contributed by atoms with Gasteiger partial charge in [-0.15, -0.1) is 0 Å². The summed E-state index contributed by atoms with van der Waals surface area (Å²) in [4.78, 5) is 5.40. The topological polar surface area (TPSA) is 41.7 Å². The molecule has 4 nitrogen and oxygen atoms in total. The molecule has 3 atom stereocenters. The normalized spacial score (nSPS) is 35.2. The molecule has 0 aromatic heterocycles. The molecule has 0 saturated carbocycles. The fraction of sp³-hybridized carbons (Fsp3) is 1.00. The largest absolute Gasteiger partial charge is 0.381 e. The molecule has 3 unspecified atom stereocenters. The Balaban J connectivity index is 1.54. The van der Waals surface area contributed by atoms with Gasteiger partial charge in [0, 0.05) is 38.3 Å². The van der Waals surface area contributed by atoms with Crippen molar-refractivity contribution in [1.29, 1.82) is 0 Å². The molecule has 0 bridgehead atoms. The predicted octanol–water partition coefficient (Wildman–Crippen LogP) is 1.30. The van der Waals surface area contributed by atoms with Gasteiger partial charge in [0.25, 0.3) is 0 Å². The molecule has 3 fully saturated rings. The van der Waals surface area contributed by atoms with E-state index in [9.17, 15) is 0 Å². The number of piperidine rings is 1. The number of rotatable bonds is 4. The molecule has 4 heteroatoms. The third kappa shape index (κ3) is 3.35. The van der Waals surface area contributed by atoms with Crippen LogP contribution in [0.5, 0.6) is 0 Å². The summed E-state index contributed by atoms with van der Waals surface area (Å²) in [6.45, 7) is 7.77. The van der Waals surface area contributed by atoms with E-state index in [-0.39, 0.29) is 0 Å². The van der Waals surface area contributed by atoms with Gasteiger partial charge in [-0.05, 0) is 51.1 Å². The fourth-order valence-electron chi connectivity index (χ4n) is 4.36. The molecule has 20 heavy (non-hydrogen) atoms. The first-order valence-corrected chi connectivity index (χ1v) is 8.64. The monoisotopic (exact) mass is 281 g/mol. The predicted molar refractivity (Wildman–Crippen MR) is 81.8 cm³/mol. The molecule has 3 rings (SSSR count). The zero-order valence-corrected chi connectivity index (χ0v) is 12.8. The Kier molecular flexibility index (Phi) is 5.32. The van der Waals surface area contributed by atoms with Gasteiger partial charge in [-0.3, -0.25) is 9.80 Å². The van der Waals surface area contributed by atoms with E-state index < -0.39 is 0 Å². The zero-order valence-electron chi connectivity index (χ0n) is 12.8. The van der Waals surface area contributed by atoms with E-state index in [1.165, 1.54) is 64.7 Å². The Morgan fingerprint density at radius 1 is 1.05 bits per heavy atom. The van der Waals surface area contributed by atoms with Gasteiger partial charge in [0.2, 0.25) is 0 Å². The Morgan fingerprint density at radius 2 is 1.90 bits per heavy atom. The van der Waals surface area contributed by atoms with E-state index in [1.54, 1.807) is 0 Å². The van der Waals surface area contributed by atoms with E-state index in [1.807, 2.05) is 0 Å². The highest BCUT2D eigenvalue weighted by Crippen LogP contribution is 2.27. The van der Waals surface area contributed by atoms with Crippen molar-refractivity contribution in [3.8, 4) is 0 Å². The summed E-state index contributed by atoms with van der Waals surface area (Å²) in [5.41, 5.74) is 6.10. The summed E-state index contributed by atoms with van der Waals surface area (Å²) in [6, 6.07) is 1.33. The highest BCUT2D eigenvalue weighted by Gasteiger charge is 2.35. The van der Waals surface area contributed by atoms with Gasteiger partial charge in [-0.25, -0.2) is 0 Å². The molecule has 3 aliphatic rings. The standard InChI is InChI=1S/C16H31N3O/c17-11-16(14-5-4-10-20-13-14)19-9-6-15(12-19)18-7-2-1-3-8-18/h14-16H,1-13,17H2. The Labute approximate surface area is 123 Å². The molecule has 0 radical (unpaired) electrons. The fourth-order valence-corrected chi connectivity index (χ4v) is 4.36. The molecule has 3 aliphatic heterocycles. The summed E-state index contributed by atoms with van der Waals surface area (Å²) in [7, 11) is 0. The van der Waals surface area contributed by atoms with Gasteiger partial charge in [-0.2, -0.15) is 0 Å². The van der Waals surface area contributed by atoms with Crippen LogP contribution in [0.3, 0.4) is 0 Å². The van der Waals surface area contributed by atoms with Crippen LogP contribution >= 0.6 is 0 Å². The molecule has 3 heterocycles. The second-order valence-corrected chi connectivity index (χ2v) is 6.81. The lowest BCUT2D eigenvalue weighted by Crippen LogP contribution is -2.48. The van der Waals surface area contributed by atoms with Crippen LogP contribution in [0, 0.1) is 5.92 Å². The highest BCUT2D eigenvalue weighted by atomic mass is 16.5. The molecule has 2 N–H and O–H groups in total. The second-order valence-electron chi connectivity index (χ2n) is 6.81. The minimum Gasteiger partial charge on any atom is -0.381 e. The van der Waals surface area contributed by atoms with E-state index in [4.69, 9.17) is 10.5 Å². The van der Waals surface area contributed by atoms with Crippen molar-refractivity contribution >= 4 is 0 Å². The molecule has 0 aromatic rings. The van der Waals surface area contributed by atoms with Crippen LogP contribution in [0.2, 0.25) is 0 Å². The number of hydrogen-bond donors (Lipinski definition) is 1. The smallest absolute Gasteiger partial charge is 0.0509 e. The van der Waals surface area contributed by atoms with Crippen LogP contribution in [0.25, 0.3) is 0 Å².